The van der Waals surface area contributed by atoms with Crippen LogP contribution in [0.1, 0.15) is 19.8 Å². The van der Waals surface area contributed by atoms with Crippen LogP contribution in [0.4, 0.5) is 4.79 Å². The molecular weight excluding hydrogens is 224 g/mol. The largest absolute Gasteiger partial charge is 0.450 e. The van der Waals surface area contributed by atoms with Gasteiger partial charge in [0.2, 0.25) is 0 Å². The third-order valence-corrected chi connectivity index (χ3v) is 1.88. The number of carbonyl (C=O) groups excluding carboxylic acids is 1. The lowest BCUT2D eigenvalue weighted by Crippen LogP contribution is -2.28. The molecule has 0 aromatic rings. The third kappa shape index (κ3) is 13.1. The average Bonchev–Trinajstić information content (AvgIpc) is 2.33. The number of ether oxygens (including phenoxy) is 3. The van der Waals surface area contributed by atoms with Crippen LogP contribution in [0.5, 0.6) is 0 Å². The second-order valence-corrected chi connectivity index (χ2v) is 3.43. The smallest absolute Gasteiger partial charge is 0.407 e. The van der Waals surface area contributed by atoms with Gasteiger partial charge in [-0.3, -0.25) is 0 Å². The Labute approximate surface area is 103 Å². The van der Waals surface area contributed by atoms with E-state index >= 15 is 0 Å². The first-order valence-corrected chi connectivity index (χ1v) is 6.07. The zero-order valence-electron chi connectivity index (χ0n) is 10.6. The van der Waals surface area contributed by atoms with E-state index < -0.39 is 0 Å². The van der Waals surface area contributed by atoms with Gasteiger partial charge in [0.15, 0.2) is 0 Å². The van der Waals surface area contributed by atoms with E-state index in [0.29, 0.717) is 46.1 Å². The predicted molar refractivity (Wildman–Crippen MR) is 65.0 cm³/mol. The van der Waals surface area contributed by atoms with Gasteiger partial charge >= 0.3 is 6.09 Å². The van der Waals surface area contributed by atoms with Gasteiger partial charge in [-0.15, -0.1) is 0 Å². The van der Waals surface area contributed by atoms with Crippen LogP contribution in [-0.4, -0.2) is 52.2 Å². The standard InChI is InChI=1S/C11H24N2O4/c1-2-3-6-17-11(14)13-5-8-16-10-9-15-7-4-12/h2-10,12H2,1H3,(H,13,14). The molecule has 0 aliphatic carbocycles. The SMILES string of the molecule is CCCCOC(=O)NCCOCCOCCN. The average molecular weight is 248 g/mol. The molecular formula is C11H24N2O4. The number of carbonyl (C=O) groups is 1. The number of hydrogen-bond donors (Lipinski definition) is 2. The van der Waals surface area contributed by atoms with Crippen molar-refractivity contribution in [2.45, 2.75) is 19.8 Å². The van der Waals surface area contributed by atoms with Crippen molar-refractivity contribution in [3.63, 3.8) is 0 Å². The molecule has 0 heterocycles. The van der Waals surface area contributed by atoms with E-state index in [0.717, 1.165) is 12.8 Å². The lowest BCUT2D eigenvalue weighted by atomic mass is 10.4. The fraction of sp³-hybridized carbons (Fsp3) is 0.909. The number of unbranched alkanes of at least 4 members (excludes halogenated alkanes) is 1. The Kier molecular flexibility index (Phi) is 12.6. The quantitative estimate of drug-likeness (QED) is 0.520. The number of amides is 1. The first kappa shape index (κ1) is 16.1. The molecule has 0 aromatic carbocycles. The molecule has 0 aliphatic rings. The van der Waals surface area contributed by atoms with Crippen molar-refractivity contribution in [2.75, 3.05) is 46.1 Å². The van der Waals surface area contributed by atoms with Gasteiger partial charge in [-0.05, 0) is 6.42 Å². The topological polar surface area (TPSA) is 82.8 Å². The summed E-state index contributed by atoms with van der Waals surface area (Å²) in [6, 6.07) is 0. The van der Waals surface area contributed by atoms with Gasteiger partial charge in [0.1, 0.15) is 0 Å². The van der Waals surface area contributed by atoms with E-state index in [1.807, 2.05) is 6.92 Å². The van der Waals surface area contributed by atoms with Gasteiger partial charge in [-0.25, -0.2) is 4.79 Å². The molecule has 0 radical (unpaired) electrons. The van der Waals surface area contributed by atoms with Gasteiger partial charge in [-0.1, -0.05) is 13.3 Å². The molecule has 6 nitrogen and oxygen atoms in total. The van der Waals surface area contributed by atoms with Crippen LogP contribution in [0.25, 0.3) is 0 Å². The van der Waals surface area contributed by atoms with Crippen LogP contribution in [-0.2, 0) is 14.2 Å². The summed E-state index contributed by atoms with van der Waals surface area (Å²) in [4.78, 5) is 11.1. The molecule has 0 atom stereocenters. The Morgan fingerprint density at radius 1 is 1.12 bits per heavy atom. The molecule has 0 aliphatic heterocycles. The number of nitrogens with two attached hydrogens (primary N) is 1. The second-order valence-electron chi connectivity index (χ2n) is 3.43. The molecule has 1 amide bonds. The number of alkyl carbamates (subject to hydrolysis) is 1. The van der Waals surface area contributed by atoms with Crippen molar-refractivity contribution < 1.29 is 19.0 Å². The van der Waals surface area contributed by atoms with Crippen molar-refractivity contribution in [2.24, 2.45) is 5.73 Å². The lowest BCUT2D eigenvalue weighted by molar-refractivity contribution is 0.0512. The summed E-state index contributed by atoms with van der Waals surface area (Å²) in [7, 11) is 0. The van der Waals surface area contributed by atoms with E-state index in [2.05, 4.69) is 5.32 Å². The highest BCUT2D eigenvalue weighted by atomic mass is 16.5. The van der Waals surface area contributed by atoms with Crippen LogP contribution >= 0.6 is 0 Å². The van der Waals surface area contributed by atoms with Crippen LogP contribution in [0.3, 0.4) is 0 Å². The molecule has 17 heavy (non-hydrogen) atoms. The van der Waals surface area contributed by atoms with Gasteiger partial charge in [0.25, 0.3) is 0 Å². The molecule has 0 unspecified atom stereocenters. The van der Waals surface area contributed by atoms with E-state index in [1.165, 1.54) is 0 Å². The van der Waals surface area contributed by atoms with E-state index in [9.17, 15) is 4.79 Å². The molecule has 3 N–H and O–H groups in total. The molecule has 0 bridgehead atoms. The fourth-order valence-electron chi connectivity index (χ4n) is 0.991. The summed E-state index contributed by atoms with van der Waals surface area (Å²) in [5.74, 6) is 0. The minimum Gasteiger partial charge on any atom is -0.450 e. The monoisotopic (exact) mass is 248 g/mol. The maximum Gasteiger partial charge on any atom is 0.407 e. The minimum atomic E-state index is -0.388. The molecule has 0 fully saturated rings. The minimum absolute atomic E-state index is 0.388. The van der Waals surface area contributed by atoms with Crippen molar-refractivity contribution in [1.82, 2.24) is 5.32 Å². The molecule has 0 saturated carbocycles. The van der Waals surface area contributed by atoms with Gasteiger partial charge in [0.05, 0.1) is 33.0 Å². The number of hydrogen-bond acceptors (Lipinski definition) is 5. The Morgan fingerprint density at radius 2 is 1.82 bits per heavy atom. The van der Waals surface area contributed by atoms with Crippen LogP contribution in [0.2, 0.25) is 0 Å². The van der Waals surface area contributed by atoms with Gasteiger partial charge in [0, 0.05) is 13.1 Å². The van der Waals surface area contributed by atoms with Crippen molar-refractivity contribution in [1.29, 1.82) is 0 Å². The second kappa shape index (κ2) is 13.2. The maximum atomic E-state index is 11.1. The third-order valence-electron chi connectivity index (χ3n) is 1.88. The molecule has 0 spiro atoms. The molecule has 6 heteroatoms. The van der Waals surface area contributed by atoms with E-state index in [1.54, 1.807) is 0 Å². The molecule has 102 valence electrons. The highest BCUT2D eigenvalue weighted by molar-refractivity contribution is 5.66. The van der Waals surface area contributed by atoms with Crippen LogP contribution in [0, 0.1) is 0 Å². The molecule has 0 aromatic heterocycles. The zero-order chi connectivity index (χ0) is 12.8. The van der Waals surface area contributed by atoms with Gasteiger partial charge in [-0.2, -0.15) is 0 Å². The van der Waals surface area contributed by atoms with Crippen molar-refractivity contribution in [3.05, 3.63) is 0 Å². The molecule has 0 rings (SSSR count). The summed E-state index contributed by atoms with van der Waals surface area (Å²) in [6.07, 6.45) is 1.52. The van der Waals surface area contributed by atoms with Crippen molar-refractivity contribution in [3.8, 4) is 0 Å². The van der Waals surface area contributed by atoms with Crippen LogP contribution < -0.4 is 11.1 Å². The van der Waals surface area contributed by atoms with Crippen molar-refractivity contribution >= 4 is 6.09 Å². The Morgan fingerprint density at radius 3 is 2.47 bits per heavy atom. The normalized spacial score (nSPS) is 10.2. The predicted octanol–water partition coefficient (Wildman–Crippen LogP) is 0.505. The van der Waals surface area contributed by atoms with E-state index in [-0.39, 0.29) is 6.09 Å². The first-order valence-electron chi connectivity index (χ1n) is 6.07. The van der Waals surface area contributed by atoms with Gasteiger partial charge < -0.3 is 25.3 Å². The lowest BCUT2D eigenvalue weighted by Gasteiger charge is -2.07. The Bertz CT molecular complexity index is 179. The molecule has 0 saturated heterocycles. The first-order chi connectivity index (χ1) is 8.31. The highest BCUT2D eigenvalue weighted by Gasteiger charge is 1.99. The van der Waals surface area contributed by atoms with E-state index in [4.69, 9.17) is 19.9 Å². The fourth-order valence-corrected chi connectivity index (χ4v) is 0.991. The summed E-state index contributed by atoms with van der Waals surface area (Å²) in [6.45, 7) is 5.51. The summed E-state index contributed by atoms with van der Waals surface area (Å²) in [5, 5.41) is 2.60. The Balaban J connectivity index is 3.08. The summed E-state index contributed by atoms with van der Waals surface area (Å²) >= 11 is 0. The van der Waals surface area contributed by atoms with Crippen LogP contribution in [0.15, 0.2) is 0 Å². The number of nitrogens with one attached hydrogen (secondary N) is 1. The zero-order valence-corrected chi connectivity index (χ0v) is 10.6. The Hall–Kier alpha value is -0.850. The number of rotatable bonds is 11. The maximum absolute atomic E-state index is 11.1. The summed E-state index contributed by atoms with van der Waals surface area (Å²) < 4.78 is 15.2. The highest BCUT2D eigenvalue weighted by Crippen LogP contribution is 1.88. The summed E-state index contributed by atoms with van der Waals surface area (Å²) in [5.41, 5.74) is 5.25.